The van der Waals surface area contributed by atoms with E-state index in [1.807, 2.05) is 12.1 Å². The van der Waals surface area contributed by atoms with Crippen molar-refractivity contribution in [2.75, 3.05) is 0 Å². The number of azo groups is 1. The molecule has 0 atom stereocenters. The molecule has 0 amide bonds. The van der Waals surface area contributed by atoms with Crippen LogP contribution >= 0.6 is 0 Å². The summed E-state index contributed by atoms with van der Waals surface area (Å²) in [5.74, 6) is 0. The molecule has 0 spiro atoms. The van der Waals surface area contributed by atoms with Crippen LogP contribution in [0, 0.1) is 22.7 Å². The normalized spacial score (nSPS) is 11.1. The number of hydrogen-bond acceptors (Lipinski definition) is 8. The summed E-state index contributed by atoms with van der Waals surface area (Å²) in [7, 11) is 0. The van der Waals surface area contributed by atoms with E-state index in [1.54, 1.807) is 41.5 Å². The highest BCUT2D eigenvalue weighted by Crippen LogP contribution is 2.13. The van der Waals surface area contributed by atoms with Crippen molar-refractivity contribution >= 4 is 6.16 Å². The summed E-state index contributed by atoms with van der Waals surface area (Å²) in [6.45, 7) is 9.87. The number of nitriles is 2. The molecule has 0 aliphatic carbocycles. The first-order valence-corrected chi connectivity index (χ1v) is 5.78. The first-order valence-electron chi connectivity index (χ1n) is 5.78. The molecular weight excluding hydrogens is 264 g/mol. The Morgan fingerprint density at radius 1 is 1.10 bits per heavy atom. The van der Waals surface area contributed by atoms with Crippen molar-refractivity contribution in [3.05, 3.63) is 0 Å². The zero-order chi connectivity index (χ0) is 16.4. The van der Waals surface area contributed by atoms with Gasteiger partial charge in [-0.25, -0.2) is 4.79 Å². The molecule has 0 bridgehead atoms. The number of carbonyl (C=O) groups excluding carboxylic acids is 1. The van der Waals surface area contributed by atoms with E-state index in [1.165, 1.54) is 0 Å². The summed E-state index contributed by atoms with van der Waals surface area (Å²) in [5, 5.41) is 32.3. The fourth-order valence-corrected chi connectivity index (χ4v) is 0.509. The van der Waals surface area contributed by atoms with Crippen LogP contribution in [-0.4, -0.2) is 28.6 Å². The summed E-state index contributed by atoms with van der Waals surface area (Å²) >= 11 is 0. The molecular formula is C12H20N4O4. The number of rotatable bonds is 3. The Labute approximate surface area is 118 Å². The predicted molar refractivity (Wildman–Crippen MR) is 69.6 cm³/mol. The van der Waals surface area contributed by atoms with Gasteiger partial charge in [-0.3, -0.25) is 4.89 Å². The van der Waals surface area contributed by atoms with Crippen LogP contribution in [0.5, 0.6) is 0 Å². The second kappa shape index (κ2) is 8.83. The molecule has 0 saturated heterocycles. The largest absolute Gasteiger partial charge is 0.540 e. The lowest BCUT2D eigenvalue weighted by Gasteiger charge is -2.11. The average Bonchev–Trinajstić information content (AvgIpc) is 2.37. The Bertz CT molecular complexity index is 388. The lowest BCUT2D eigenvalue weighted by Crippen LogP contribution is -2.17. The van der Waals surface area contributed by atoms with Gasteiger partial charge < -0.3 is 4.74 Å². The molecule has 0 fully saturated rings. The third kappa shape index (κ3) is 12.3. The van der Waals surface area contributed by atoms with Gasteiger partial charge in [0.25, 0.3) is 0 Å². The third-order valence-corrected chi connectivity index (χ3v) is 1.50. The van der Waals surface area contributed by atoms with Gasteiger partial charge in [-0.15, -0.1) is 0 Å². The zero-order valence-electron chi connectivity index (χ0n) is 12.5. The molecule has 0 radical (unpaired) electrons. The zero-order valence-corrected chi connectivity index (χ0v) is 12.5. The van der Waals surface area contributed by atoms with Gasteiger partial charge in [-0.05, 0) is 41.5 Å². The topological polar surface area (TPSA) is 128 Å². The highest BCUT2D eigenvalue weighted by atomic mass is 17.1. The lowest BCUT2D eigenvalue weighted by atomic mass is 10.1. The summed E-state index contributed by atoms with van der Waals surface area (Å²) in [6.07, 6.45) is -1.32. The molecule has 0 aromatic rings. The molecule has 8 heteroatoms. The minimum atomic E-state index is -1.07. The van der Waals surface area contributed by atoms with Gasteiger partial charge >= 0.3 is 6.16 Å². The van der Waals surface area contributed by atoms with Crippen molar-refractivity contribution in [3.8, 4) is 12.1 Å². The van der Waals surface area contributed by atoms with Crippen LogP contribution in [0.25, 0.3) is 0 Å². The molecule has 8 nitrogen and oxygen atoms in total. The van der Waals surface area contributed by atoms with E-state index in [0.717, 1.165) is 0 Å². The van der Waals surface area contributed by atoms with E-state index >= 15 is 0 Å². The standard InChI is InChI=1S/C8H12N4.C4H8O4/c1-7(2,5-9)11-12-8(3,4)6-10;1-3(2)7-4(5)8-6/h1-4H3;3,6H,1-2H3/b12-11+;. The van der Waals surface area contributed by atoms with Crippen molar-refractivity contribution in [2.24, 2.45) is 10.2 Å². The van der Waals surface area contributed by atoms with E-state index in [2.05, 4.69) is 19.9 Å². The summed E-state index contributed by atoms with van der Waals surface area (Å²) in [4.78, 5) is 13.1. The molecule has 0 aliphatic rings. The number of carbonyl (C=O) groups is 1. The Kier molecular flexibility index (Phi) is 8.89. The quantitative estimate of drug-likeness (QED) is 0.367. The van der Waals surface area contributed by atoms with Crippen molar-refractivity contribution < 1.29 is 19.7 Å². The fourth-order valence-electron chi connectivity index (χ4n) is 0.509. The minimum absolute atomic E-state index is 0.255. The maximum Gasteiger partial charge on any atom is 0.540 e. The molecule has 0 aliphatic heterocycles. The second-order valence-electron chi connectivity index (χ2n) is 5.05. The van der Waals surface area contributed by atoms with Gasteiger partial charge in [-0.1, -0.05) is 0 Å². The third-order valence-electron chi connectivity index (χ3n) is 1.50. The van der Waals surface area contributed by atoms with Crippen LogP contribution < -0.4 is 0 Å². The fraction of sp³-hybridized carbons (Fsp3) is 0.750. The summed E-state index contributed by atoms with van der Waals surface area (Å²) < 4.78 is 4.29. The van der Waals surface area contributed by atoms with Gasteiger partial charge in [0, 0.05) is 0 Å². The van der Waals surface area contributed by atoms with Crippen LogP contribution in [0.4, 0.5) is 4.79 Å². The predicted octanol–water partition coefficient (Wildman–Crippen LogP) is 3.06. The second-order valence-corrected chi connectivity index (χ2v) is 5.05. The van der Waals surface area contributed by atoms with Crippen LogP contribution in [0.3, 0.4) is 0 Å². The molecule has 20 heavy (non-hydrogen) atoms. The maximum absolute atomic E-state index is 9.93. The van der Waals surface area contributed by atoms with Crippen LogP contribution in [0.2, 0.25) is 0 Å². The van der Waals surface area contributed by atoms with E-state index in [0.29, 0.717) is 0 Å². The molecule has 0 rings (SSSR count). The molecule has 0 heterocycles. The van der Waals surface area contributed by atoms with E-state index in [4.69, 9.17) is 15.8 Å². The van der Waals surface area contributed by atoms with E-state index in [-0.39, 0.29) is 6.10 Å². The van der Waals surface area contributed by atoms with E-state index < -0.39 is 17.2 Å². The minimum Gasteiger partial charge on any atom is -0.430 e. The smallest absolute Gasteiger partial charge is 0.430 e. The van der Waals surface area contributed by atoms with Gasteiger partial charge in [0.2, 0.25) is 0 Å². The lowest BCUT2D eigenvalue weighted by molar-refractivity contribution is -0.203. The highest BCUT2D eigenvalue weighted by Gasteiger charge is 2.19. The Morgan fingerprint density at radius 2 is 1.45 bits per heavy atom. The highest BCUT2D eigenvalue weighted by molar-refractivity contribution is 5.58. The molecule has 1 N–H and O–H groups in total. The van der Waals surface area contributed by atoms with Crippen molar-refractivity contribution in [1.29, 1.82) is 10.5 Å². The first kappa shape index (κ1) is 20.1. The Hall–Kier alpha value is -2.19. The molecule has 0 saturated carbocycles. The average molecular weight is 284 g/mol. The molecule has 0 aromatic heterocycles. The molecule has 0 aromatic carbocycles. The monoisotopic (exact) mass is 284 g/mol. The Morgan fingerprint density at radius 3 is 1.60 bits per heavy atom. The van der Waals surface area contributed by atoms with Gasteiger partial charge in [0.05, 0.1) is 18.2 Å². The van der Waals surface area contributed by atoms with Crippen LogP contribution in [0.15, 0.2) is 10.2 Å². The molecule has 0 unspecified atom stereocenters. The summed E-state index contributed by atoms with van der Waals surface area (Å²) in [6, 6.07) is 3.94. The van der Waals surface area contributed by atoms with Crippen LogP contribution in [-0.2, 0) is 9.62 Å². The Balaban J connectivity index is 0. The number of ether oxygens (including phenoxy) is 1. The summed E-state index contributed by atoms with van der Waals surface area (Å²) in [5.41, 5.74) is -1.68. The SMILES string of the molecule is CC(C)(C#N)/N=N/C(C)(C)C#N.CC(C)OC(=O)OO. The van der Waals surface area contributed by atoms with Crippen LogP contribution in [0.1, 0.15) is 41.5 Å². The van der Waals surface area contributed by atoms with Crippen molar-refractivity contribution in [2.45, 2.75) is 58.7 Å². The van der Waals surface area contributed by atoms with E-state index in [9.17, 15) is 4.79 Å². The maximum atomic E-state index is 9.93. The number of hydrogen-bond donors (Lipinski definition) is 1. The number of nitrogens with zero attached hydrogens (tertiary/aromatic N) is 4. The van der Waals surface area contributed by atoms with Crippen molar-refractivity contribution in [3.63, 3.8) is 0 Å². The van der Waals surface area contributed by atoms with Gasteiger partial charge in [0.15, 0.2) is 11.1 Å². The van der Waals surface area contributed by atoms with Gasteiger partial charge in [-0.2, -0.15) is 26.0 Å². The first-order chi connectivity index (χ1) is 8.99. The van der Waals surface area contributed by atoms with Crippen molar-refractivity contribution in [1.82, 2.24) is 0 Å². The van der Waals surface area contributed by atoms with Gasteiger partial charge in [0.1, 0.15) is 0 Å². The molecule has 112 valence electrons.